The maximum Gasteiger partial charge on any atom is 0.185 e. The van der Waals surface area contributed by atoms with E-state index in [1.807, 2.05) is 19.1 Å². The van der Waals surface area contributed by atoms with Gasteiger partial charge >= 0.3 is 0 Å². The van der Waals surface area contributed by atoms with E-state index in [1.54, 1.807) is 13.0 Å². The second-order valence-electron chi connectivity index (χ2n) is 3.53. The molecule has 16 heavy (non-hydrogen) atoms. The molecule has 0 unspecified atom stereocenters. The summed E-state index contributed by atoms with van der Waals surface area (Å²) in [6, 6.07) is 4.74. The zero-order valence-corrected chi connectivity index (χ0v) is 10.3. The molecule has 0 bridgehead atoms. The first kappa shape index (κ1) is 13.0. The number of carbonyl (C=O) groups is 1. The fourth-order valence-electron chi connectivity index (χ4n) is 1.31. The molecule has 0 saturated heterocycles. The summed E-state index contributed by atoms with van der Waals surface area (Å²) in [4.78, 5) is 10.7. The van der Waals surface area contributed by atoms with Crippen LogP contribution < -0.4 is 0 Å². The number of hydrogen-bond donors (Lipinski definition) is 0. The Morgan fingerprint density at radius 1 is 1.50 bits per heavy atom. The lowest BCUT2D eigenvalue weighted by Crippen LogP contribution is -1.85. The predicted molar refractivity (Wildman–Crippen MR) is 67.9 cm³/mol. The molecule has 0 N–H and O–H groups in total. The first-order chi connectivity index (χ1) is 7.59. The monoisotopic (exact) mass is 238 g/mol. The summed E-state index contributed by atoms with van der Waals surface area (Å²) in [6.45, 7) is 3.45. The van der Waals surface area contributed by atoms with Gasteiger partial charge < -0.3 is 0 Å². The predicted octanol–water partition coefficient (Wildman–Crippen LogP) is 3.82. The smallest absolute Gasteiger partial charge is 0.185 e. The van der Waals surface area contributed by atoms with Gasteiger partial charge in [-0.2, -0.15) is 0 Å². The lowest BCUT2D eigenvalue weighted by molar-refractivity contribution is -0.109. The molecule has 1 aromatic carbocycles. The van der Waals surface area contributed by atoms with Crippen molar-refractivity contribution in [1.29, 1.82) is 0 Å². The summed E-state index contributed by atoms with van der Waals surface area (Å²) < 4.78 is 12.8. The zero-order chi connectivity index (χ0) is 12.0. The van der Waals surface area contributed by atoms with Crippen molar-refractivity contribution in [2.75, 3.05) is 5.75 Å². The zero-order valence-electron chi connectivity index (χ0n) is 9.50. The molecule has 0 amide bonds. The highest BCUT2D eigenvalue weighted by Gasteiger charge is 1.96. The largest absolute Gasteiger partial charge is 0.288 e. The molecular formula is C13H15FOS. The van der Waals surface area contributed by atoms with E-state index in [0.717, 1.165) is 23.3 Å². The van der Waals surface area contributed by atoms with E-state index in [9.17, 15) is 9.18 Å². The SMILES string of the molecule is CC(=O)SCCC=Cc1ccc(F)cc1C. The molecule has 0 spiro atoms. The molecule has 86 valence electrons. The minimum atomic E-state index is -0.207. The third-order valence-corrected chi connectivity index (χ3v) is 2.97. The van der Waals surface area contributed by atoms with Gasteiger partial charge in [0.25, 0.3) is 0 Å². The molecule has 0 atom stereocenters. The van der Waals surface area contributed by atoms with Crippen LogP contribution in [0.5, 0.6) is 0 Å². The maximum atomic E-state index is 12.8. The Kier molecular flexibility index (Phi) is 5.26. The molecule has 0 aliphatic carbocycles. The van der Waals surface area contributed by atoms with E-state index < -0.39 is 0 Å². The number of rotatable bonds is 4. The first-order valence-corrected chi connectivity index (χ1v) is 6.14. The van der Waals surface area contributed by atoms with Crippen LogP contribution in [0.4, 0.5) is 4.39 Å². The lowest BCUT2D eigenvalue weighted by atomic mass is 10.1. The number of halogens is 1. The van der Waals surface area contributed by atoms with Gasteiger partial charge in [0, 0.05) is 12.7 Å². The fraction of sp³-hybridized carbons (Fsp3) is 0.308. The highest BCUT2D eigenvalue weighted by molar-refractivity contribution is 8.13. The van der Waals surface area contributed by atoms with Crippen LogP contribution in [0.25, 0.3) is 6.08 Å². The van der Waals surface area contributed by atoms with Crippen LogP contribution in [0.3, 0.4) is 0 Å². The molecule has 0 fully saturated rings. The second-order valence-corrected chi connectivity index (χ2v) is 4.80. The number of allylic oxidation sites excluding steroid dienone is 1. The Morgan fingerprint density at radius 3 is 2.88 bits per heavy atom. The maximum absolute atomic E-state index is 12.8. The van der Waals surface area contributed by atoms with Crippen LogP contribution in [0.15, 0.2) is 24.3 Å². The minimum Gasteiger partial charge on any atom is -0.288 e. The summed E-state index contributed by atoms with van der Waals surface area (Å²) in [5.41, 5.74) is 1.95. The third kappa shape index (κ3) is 4.62. The van der Waals surface area contributed by atoms with Gasteiger partial charge in [-0.15, -0.1) is 0 Å². The Labute approximate surface area is 99.7 Å². The lowest BCUT2D eigenvalue weighted by Gasteiger charge is -1.99. The van der Waals surface area contributed by atoms with Crippen LogP contribution in [0, 0.1) is 12.7 Å². The van der Waals surface area contributed by atoms with E-state index in [2.05, 4.69) is 0 Å². The van der Waals surface area contributed by atoms with Gasteiger partial charge in [0.2, 0.25) is 0 Å². The van der Waals surface area contributed by atoms with Crippen LogP contribution in [-0.2, 0) is 4.79 Å². The second kappa shape index (κ2) is 6.48. The molecule has 0 saturated carbocycles. The first-order valence-electron chi connectivity index (χ1n) is 5.15. The topological polar surface area (TPSA) is 17.1 Å². The van der Waals surface area contributed by atoms with Crippen molar-refractivity contribution in [3.8, 4) is 0 Å². The van der Waals surface area contributed by atoms with E-state index >= 15 is 0 Å². The number of benzene rings is 1. The molecule has 1 aromatic rings. The molecule has 0 radical (unpaired) electrons. The average Bonchev–Trinajstić information content (AvgIpc) is 2.20. The number of thioether (sulfide) groups is 1. The van der Waals surface area contributed by atoms with Crippen molar-refractivity contribution in [2.24, 2.45) is 0 Å². The fourth-order valence-corrected chi connectivity index (χ4v) is 1.85. The molecule has 1 rings (SSSR count). The molecular weight excluding hydrogens is 223 g/mol. The summed E-state index contributed by atoms with van der Waals surface area (Å²) >= 11 is 1.32. The Hall–Kier alpha value is -1.09. The minimum absolute atomic E-state index is 0.145. The van der Waals surface area contributed by atoms with Gasteiger partial charge in [0.05, 0.1) is 0 Å². The third-order valence-electron chi connectivity index (χ3n) is 2.12. The van der Waals surface area contributed by atoms with Crippen LogP contribution in [0.2, 0.25) is 0 Å². The van der Waals surface area contributed by atoms with Crippen molar-refractivity contribution >= 4 is 23.0 Å². The quantitative estimate of drug-likeness (QED) is 0.742. The molecule has 1 nitrogen and oxygen atoms in total. The number of aryl methyl sites for hydroxylation is 1. The highest BCUT2D eigenvalue weighted by Crippen LogP contribution is 2.12. The van der Waals surface area contributed by atoms with Gasteiger partial charge in [-0.1, -0.05) is 30.0 Å². The standard InChI is InChI=1S/C13H15FOS/c1-10-9-13(14)7-6-12(10)5-3-4-8-16-11(2)15/h3,5-7,9H,4,8H2,1-2H3. The number of carbonyl (C=O) groups excluding carboxylic acids is 1. The van der Waals surface area contributed by atoms with Gasteiger partial charge in [-0.05, 0) is 36.6 Å². The van der Waals surface area contributed by atoms with E-state index in [-0.39, 0.29) is 10.9 Å². The van der Waals surface area contributed by atoms with Crippen molar-refractivity contribution < 1.29 is 9.18 Å². The van der Waals surface area contributed by atoms with Crippen molar-refractivity contribution in [1.82, 2.24) is 0 Å². The Morgan fingerprint density at radius 2 is 2.25 bits per heavy atom. The van der Waals surface area contributed by atoms with Crippen molar-refractivity contribution in [3.05, 3.63) is 41.2 Å². The van der Waals surface area contributed by atoms with Crippen molar-refractivity contribution in [2.45, 2.75) is 20.3 Å². The Bertz CT molecular complexity index is 399. The van der Waals surface area contributed by atoms with Gasteiger partial charge in [-0.25, -0.2) is 4.39 Å². The molecule has 0 aromatic heterocycles. The summed E-state index contributed by atoms with van der Waals surface area (Å²) in [5, 5.41) is 0.145. The average molecular weight is 238 g/mol. The molecule has 0 heterocycles. The van der Waals surface area contributed by atoms with Gasteiger partial charge in [-0.3, -0.25) is 4.79 Å². The summed E-state index contributed by atoms with van der Waals surface area (Å²) in [7, 11) is 0. The Balaban J connectivity index is 2.47. The molecule has 3 heteroatoms. The van der Waals surface area contributed by atoms with Gasteiger partial charge in [0.15, 0.2) is 5.12 Å². The van der Waals surface area contributed by atoms with Gasteiger partial charge in [0.1, 0.15) is 5.82 Å². The number of hydrogen-bond acceptors (Lipinski definition) is 2. The molecule has 0 aliphatic rings. The van der Waals surface area contributed by atoms with E-state index in [4.69, 9.17) is 0 Å². The normalized spacial score (nSPS) is 10.9. The highest BCUT2D eigenvalue weighted by atomic mass is 32.2. The molecule has 0 aliphatic heterocycles. The van der Waals surface area contributed by atoms with Crippen LogP contribution >= 0.6 is 11.8 Å². The summed E-state index contributed by atoms with van der Waals surface area (Å²) in [5.74, 6) is 0.591. The van der Waals surface area contributed by atoms with Crippen LogP contribution in [0.1, 0.15) is 24.5 Å². The van der Waals surface area contributed by atoms with Crippen LogP contribution in [-0.4, -0.2) is 10.9 Å². The summed E-state index contributed by atoms with van der Waals surface area (Å²) in [6.07, 6.45) is 4.83. The van der Waals surface area contributed by atoms with Crippen molar-refractivity contribution in [3.63, 3.8) is 0 Å². The van der Waals surface area contributed by atoms with E-state index in [0.29, 0.717) is 0 Å². The van der Waals surface area contributed by atoms with E-state index in [1.165, 1.54) is 23.9 Å².